The third-order valence-corrected chi connectivity index (χ3v) is 5.63. The molecule has 1 atom stereocenters. The van der Waals surface area contributed by atoms with Crippen LogP contribution in [0.2, 0.25) is 0 Å². The summed E-state index contributed by atoms with van der Waals surface area (Å²) < 4.78 is 6.08. The first kappa shape index (κ1) is 18.9. The Bertz CT molecular complexity index is 757. The quantitative estimate of drug-likeness (QED) is 0.760. The number of amides is 1. The lowest BCUT2D eigenvalue weighted by Crippen LogP contribution is -2.38. The van der Waals surface area contributed by atoms with Crippen molar-refractivity contribution in [1.29, 1.82) is 0 Å². The van der Waals surface area contributed by atoms with Crippen molar-refractivity contribution in [3.63, 3.8) is 0 Å². The van der Waals surface area contributed by atoms with Gasteiger partial charge in [-0.25, -0.2) is 0 Å². The van der Waals surface area contributed by atoms with Gasteiger partial charge in [0.15, 0.2) is 0 Å². The third kappa shape index (κ3) is 5.32. The molecule has 1 aromatic heterocycles. The molecule has 4 rings (SSSR count). The van der Waals surface area contributed by atoms with Crippen LogP contribution >= 0.6 is 0 Å². The minimum absolute atomic E-state index is 0.166. The van der Waals surface area contributed by atoms with E-state index in [4.69, 9.17) is 4.74 Å². The molecule has 28 heavy (non-hydrogen) atoms. The van der Waals surface area contributed by atoms with Gasteiger partial charge < -0.3 is 10.1 Å². The Morgan fingerprint density at radius 2 is 1.82 bits per heavy atom. The molecule has 0 bridgehead atoms. The van der Waals surface area contributed by atoms with Crippen LogP contribution in [-0.4, -0.2) is 34.5 Å². The fourth-order valence-corrected chi connectivity index (χ4v) is 4.19. The van der Waals surface area contributed by atoms with Gasteiger partial charge in [0.05, 0.1) is 6.10 Å². The van der Waals surface area contributed by atoms with Crippen LogP contribution in [0.3, 0.4) is 0 Å². The molecular weight excluding hydrogens is 350 g/mol. The first-order chi connectivity index (χ1) is 13.7. The summed E-state index contributed by atoms with van der Waals surface area (Å²) in [6.07, 6.45) is 10.6. The molecular formula is C23H29N3O2. The van der Waals surface area contributed by atoms with E-state index in [-0.39, 0.29) is 11.9 Å². The second-order valence-electron chi connectivity index (χ2n) is 8.00. The largest absolute Gasteiger partial charge is 0.490 e. The van der Waals surface area contributed by atoms with Crippen LogP contribution in [0.15, 0.2) is 48.8 Å². The molecule has 5 nitrogen and oxygen atoms in total. The van der Waals surface area contributed by atoms with Gasteiger partial charge in [0, 0.05) is 44.5 Å². The lowest BCUT2D eigenvalue weighted by atomic mass is 10.1. The van der Waals surface area contributed by atoms with Crippen molar-refractivity contribution in [3.8, 4) is 5.75 Å². The van der Waals surface area contributed by atoms with Gasteiger partial charge in [-0.15, -0.1) is 0 Å². The smallest absolute Gasteiger partial charge is 0.220 e. The Hall–Kier alpha value is -2.40. The first-order valence-corrected chi connectivity index (χ1v) is 10.4. The van der Waals surface area contributed by atoms with Crippen LogP contribution in [-0.2, 0) is 17.9 Å². The highest BCUT2D eigenvalue weighted by Gasteiger charge is 2.23. The number of pyridine rings is 1. The number of benzene rings is 1. The van der Waals surface area contributed by atoms with E-state index in [0.717, 1.165) is 31.8 Å². The highest BCUT2D eigenvalue weighted by Crippen LogP contribution is 2.24. The molecule has 0 spiro atoms. The molecule has 1 saturated heterocycles. The van der Waals surface area contributed by atoms with E-state index in [1.165, 1.54) is 36.8 Å². The molecule has 2 heterocycles. The van der Waals surface area contributed by atoms with Gasteiger partial charge in [-0.3, -0.25) is 14.7 Å². The topological polar surface area (TPSA) is 54.5 Å². The van der Waals surface area contributed by atoms with Crippen molar-refractivity contribution in [2.45, 2.75) is 63.8 Å². The Labute approximate surface area is 167 Å². The summed E-state index contributed by atoms with van der Waals surface area (Å²) in [7, 11) is 0. The number of aromatic nitrogens is 1. The molecule has 5 heteroatoms. The summed E-state index contributed by atoms with van der Waals surface area (Å²) in [6.45, 7) is 2.51. The monoisotopic (exact) mass is 379 g/mol. The van der Waals surface area contributed by atoms with Gasteiger partial charge in [-0.2, -0.15) is 0 Å². The van der Waals surface area contributed by atoms with Crippen molar-refractivity contribution in [2.24, 2.45) is 0 Å². The van der Waals surface area contributed by atoms with Gasteiger partial charge in [0.25, 0.3) is 0 Å². The van der Waals surface area contributed by atoms with Crippen LogP contribution in [0.4, 0.5) is 0 Å². The second kappa shape index (κ2) is 9.20. The summed E-state index contributed by atoms with van der Waals surface area (Å²) in [5.41, 5.74) is 2.44. The van der Waals surface area contributed by atoms with Gasteiger partial charge in [0.2, 0.25) is 5.91 Å². The maximum absolute atomic E-state index is 11.6. The number of nitrogens with one attached hydrogen (secondary N) is 1. The highest BCUT2D eigenvalue weighted by atomic mass is 16.5. The zero-order valence-corrected chi connectivity index (χ0v) is 16.3. The normalized spacial score (nSPS) is 19.9. The van der Waals surface area contributed by atoms with E-state index in [2.05, 4.69) is 45.5 Å². The molecule has 1 aromatic carbocycles. The van der Waals surface area contributed by atoms with E-state index in [1.807, 2.05) is 12.3 Å². The molecule has 1 saturated carbocycles. The number of rotatable bonds is 8. The van der Waals surface area contributed by atoms with Crippen molar-refractivity contribution in [3.05, 3.63) is 59.9 Å². The van der Waals surface area contributed by atoms with Crippen LogP contribution in [0.1, 0.15) is 49.7 Å². The summed E-state index contributed by atoms with van der Waals surface area (Å²) in [5.74, 6) is 1.14. The predicted molar refractivity (Wildman–Crippen MR) is 109 cm³/mol. The van der Waals surface area contributed by atoms with Crippen LogP contribution in [0, 0.1) is 0 Å². The molecule has 1 aliphatic carbocycles. The zero-order valence-electron chi connectivity index (χ0n) is 16.3. The van der Waals surface area contributed by atoms with Crippen molar-refractivity contribution in [1.82, 2.24) is 15.2 Å². The SMILES string of the molecule is O=C1CC[C@@H](CN(Cc2ccc(OC3CCCC3)cc2)Cc2cccnc2)N1. The Morgan fingerprint density at radius 3 is 2.50 bits per heavy atom. The standard InChI is InChI=1S/C23H29N3O2/c27-23-12-9-20(25-23)17-26(16-19-4-3-13-24-14-19)15-18-7-10-22(11-8-18)28-21-5-1-2-6-21/h3-4,7-8,10-11,13-14,20-21H,1-2,5-6,9,12,15-17H2,(H,25,27)/t20-/m0/s1. The minimum atomic E-state index is 0.166. The number of nitrogens with zero attached hydrogens (tertiary/aromatic N) is 2. The number of hydrogen-bond donors (Lipinski definition) is 1. The molecule has 0 radical (unpaired) electrons. The molecule has 2 fully saturated rings. The van der Waals surface area contributed by atoms with Gasteiger partial charge >= 0.3 is 0 Å². The summed E-state index contributed by atoms with van der Waals surface area (Å²) >= 11 is 0. The number of carbonyl (C=O) groups is 1. The molecule has 2 aromatic rings. The second-order valence-corrected chi connectivity index (χ2v) is 8.00. The van der Waals surface area contributed by atoms with E-state index in [0.29, 0.717) is 12.5 Å². The molecule has 148 valence electrons. The van der Waals surface area contributed by atoms with E-state index in [1.54, 1.807) is 6.20 Å². The van der Waals surface area contributed by atoms with Gasteiger partial charge in [-0.05, 0) is 61.4 Å². The molecule has 1 aliphatic heterocycles. The molecule has 1 N–H and O–H groups in total. The van der Waals surface area contributed by atoms with Crippen LogP contribution in [0.25, 0.3) is 0 Å². The highest BCUT2D eigenvalue weighted by molar-refractivity contribution is 5.78. The average molecular weight is 380 g/mol. The van der Waals surface area contributed by atoms with Gasteiger partial charge in [0.1, 0.15) is 5.75 Å². The summed E-state index contributed by atoms with van der Waals surface area (Å²) in [4.78, 5) is 18.2. The number of carbonyl (C=O) groups excluding carboxylic acids is 1. The van der Waals surface area contributed by atoms with Crippen LogP contribution < -0.4 is 10.1 Å². The lowest BCUT2D eigenvalue weighted by Gasteiger charge is -2.26. The third-order valence-electron chi connectivity index (χ3n) is 5.63. The minimum Gasteiger partial charge on any atom is -0.490 e. The fourth-order valence-electron chi connectivity index (χ4n) is 4.19. The van der Waals surface area contributed by atoms with E-state index in [9.17, 15) is 4.79 Å². The Kier molecular flexibility index (Phi) is 6.22. The summed E-state index contributed by atoms with van der Waals surface area (Å²) in [5, 5.41) is 3.09. The predicted octanol–water partition coefficient (Wildman–Crippen LogP) is 3.68. The average Bonchev–Trinajstić information content (AvgIpc) is 3.36. The molecule has 0 unspecified atom stereocenters. The van der Waals surface area contributed by atoms with Crippen LogP contribution in [0.5, 0.6) is 5.75 Å². The van der Waals surface area contributed by atoms with E-state index >= 15 is 0 Å². The van der Waals surface area contributed by atoms with Crippen molar-refractivity contribution in [2.75, 3.05) is 6.54 Å². The van der Waals surface area contributed by atoms with Crippen molar-refractivity contribution < 1.29 is 9.53 Å². The fraction of sp³-hybridized carbons (Fsp3) is 0.478. The maximum atomic E-state index is 11.6. The van der Waals surface area contributed by atoms with E-state index < -0.39 is 0 Å². The summed E-state index contributed by atoms with van der Waals surface area (Å²) in [6, 6.07) is 12.8. The zero-order chi connectivity index (χ0) is 19.2. The maximum Gasteiger partial charge on any atom is 0.220 e. The first-order valence-electron chi connectivity index (χ1n) is 10.4. The number of hydrogen-bond acceptors (Lipinski definition) is 4. The Morgan fingerprint density at radius 1 is 1.04 bits per heavy atom. The molecule has 1 amide bonds. The van der Waals surface area contributed by atoms with Crippen molar-refractivity contribution >= 4 is 5.91 Å². The number of ether oxygens (including phenoxy) is 1. The van der Waals surface area contributed by atoms with Gasteiger partial charge in [-0.1, -0.05) is 18.2 Å². The lowest BCUT2D eigenvalue weighted by molar-refractivity contribution is -0.119. The molecule has 2 aliphatic rings. The Balaban J connectivity index is 1.39.